The predicted octanol–water partition coefficient (Wildman–Crippen LogP) is 1.20. The van der Waals surface area contributed by atoms with Gasteiger partial charge in [-0.3, -0.25) is 4.79 Å². The molecule has 7 nitrogen and oxygen atoms in total. The van der Waals surface area contributed by atoms with E-state index in [4.69, 9.17) is 4.74 Å². The smallest absolute Gasteiger partial charge is 0.254 e. The first-order valence-corrected chi connectivity index (χ1v) is 8.27. The summed E-state index contributed by atoms with van der Waals surface area (Å²) in [5, 5.41) is 7.79. The zero-order valence-electron chi connectivity index (χ0n) is 13.7. The van der Waals surface area contributed by atoms with Gasteiger partial charge in [-0.2, -0.15) is 0 Å². The number of anilines is 1. The van der Waals surface area contributed by atoms with Crippen LogP contribution < -0.4 is 4.90 Å². The Bertz CT molecular complexity index is 694. The van der Waals surface area contributed by atoms with E-state index >= 15 is 0 Å². The molecule has 7 heteroatoms. The summed E-state index contributed by atoms with van der Waals surface area (Å²) < 4.78 is 7.22. The Balaban J connectivity index is 1.36. The molecule has 0 radical (unpaired) electrons. The van der Waals surface area contributed by atoms with Crippen LogP contribution in [0.2, 0.25) is 0 Å². The number of aromatic nitrogens is 3. The summed E-state index contributed by atoms with van der Waals surface area (Å²) in [4.78, 5) is 16.7. The van der Waals surface area contributed by atoms with Gasteiger partial charge in [0.05, 0.1) is 18.3 Å². The van der Waals surface area contributed by atoms with E-state index in [1.807, 2.05) is 40.0 Å². The van der Waals surface area contributed by atoms with Gasteiger partial charge in [0.2, 0.25) is 0 Å². The van der Waals surface area contributed by atoms with Crippen LogP contribution >= 0.6 is 0 Å². The number of carbonyl (C=O) groups excluding carboxylic acids is 1. The number of ether oxygens (including phenoxy) is 1. The fourth-order valence-corrected chi connectivity index (χ4v) is 3.35. The maximum Gasteiger partial charge on any atom is 0.254 e. The van der Waals surface area contributed by atoms with Crippen molar-refractivity contribution in [2.75, 3.05) is 38.2 Å². The molecule has 2 aliphatic rings. The van der Waals surface area contributed by atoms with Gasteiger partial charge >= 0.3 is 0 Å². The molecule has 2 fully saturated rings. The third-order valence-corrected chi connectivity index (χ3v) is 4.92. The minimum Gasteiger partial charge on any atom is -0.380 e. The molecule has 0 N–H and O–H groups in total. The number of hydrogen-bond donors (Lipinski definition) is 0. The molecule has 2 aromatic rings. The van der Waals surface area contributed by atoms with E-state index in [0.717, 1.165) is 30.8 Å². The largest absolute Gasteiger partial charge is 0.380 e. The molecule has 0 unspecified atom stereocenters. The first-order valence-electron chi connectivity index (χ1n) is 8.27. The molecule has 0 spiro atoms. The Labute approximate surface area is 140 Å². The van der Waals surface area contributed by atoms with E-state index in [9.17, 15) is 4.79 Å². The minimum absolute atomic E-state index is 0.0779. The second-order valence-electron chi connectivity index (χ2n) is 6.39. The van der Waals surface area contributed by atoms with Crippen LogP contribution in [0.4, 0.5) is 5.69 Å². The second kappa shape index (κ2) is 6.24. The first-order chi connectivity index (χ1) is 11.7. The molecule has 0 aliphatic carbocycles. The molecule has 4 rings (SSSR count). The summed E-state index contributed by atoms with van der Waals surface area (Å²) in [7, 11) is 1.76. The minimum atomic E-state index is 0.0779. The van der Waals surface area contributed by atoms with Gasteiger partial charge in [-0.25, -0.2) is 4.68 Å². The van der Waals surface area contributed by atoms with Crippen LogP contribution in [0.1, 0.15) is 22.8 Å². The van der Waals surface area contributed by atoms with Gasteiger partial charge < -0.3 is 14.5 Å². The zero-order valence-corrected chi connectivity index (χ0v) is 13.7. The number of methoxy groups -OCH3 is 1. The summed E-state index contributed by atoms with van der Waals surface area (Å²) >= 11 is 0. The van der Waals surface area contributed by atoms with Crippen LogP contribution in [-0.2, 0) is 4.74 Å². The summed E-state index contributed by atoms with van der Waals surface area (Å²) in [6, 6.07) is 8.13. The highest BCUT2D eigenvalue weighted by Gasteiger charge is 2.33. The Morgan fingerprint density at radius 1 is 1.21 bits per heavy atom. The SMILES string of the molecule is CO[C@H]1CCN(c2ccc(C(=O)N3CC(n4ccnn4)C3)cc2)C1. The molecule has 2 aliphatic heterocycles. The van der Waals surface area contributed by atoms with Gasteiger partial charge in [0.25, 0.3) is 5.91 Å². The van der Waals surface area contributed by atoms with Crippen molar-refractivity contribution >= 4 is 11.6 Å². The molecule has 126 valence electrons. The Hall–Kier alpha value is -2.41. The van der Waals surface area contributed by atoms with Crippen molar-refractivity contribution in [1.29, 1.82) is 0 Å². The molecular weight excluding hydrogens is 306 g/mol. The van der Waals surface area contributed by atoms with Crippen LogP contribution in [0.5, 0.6) is 0 Å². The predicted molar refractivity (Wildman–Crippen MR) is 89.0 cm³/mol. The van der Waals surface area contributed by atoms with Crippen molar-refractivity contribution in [3.05, 3.63) is 42.2 Å². The van der Waals surface area contributed by atoms with Crippen LogP contribution in [-0.4, -0.2) is 65.2 Å². The maximum atomic E-state index is 12.5. The van der Waals surface area contributed by atoms with E-state index in [-0.39, 0.29) is 11.9 Å². The van der Waals surface area contributed by atoms with Crippen molar-refractivity contribution in [2.45, 2.75) is 18.6 Å². The van der Waals surface area contributed by atoms with Crippen LogP contribution in [0.3, 0.4) is 0 Å². The number of likely N-dealkylation sites (tertiary alicyclic amines) is 1. The third kappa shape index (κ3) is 2.75. The van der Waals surface area contributed by atoms with Gasteiger partial charge in [-0.1, -0.05) is 5.21 Å². The lowest BCUT2D eigenvalue weighted by atomic mass is 10.1. The van der Waals surface area contributed by atoms with Gasteiger partial charge in [-0.05, 0) is 30.7 Å². The molecule has 2 saturated heterocycles. The Morgan fingerprint density at radius 2 is 2.00 bits per heavy atom. The van der Waals surface area contributed by atoms with E-state index in [2.05, 4.69) is 15.2 Å². The Kier molecular flexibility index (Phi) is 3.93. The highest BCUT2D eigenvalue weighted by atomic mass is 16.5. The van der Waals surface area contributed by atoms with Gasteiger partial charge in [0.1, 0.15) is 0 Å². The lowest BCUT2D eigenvalue weighted by molar-refractivity contribution is 0.0498. The monoisotopic (exact) mass is 327 g/mol. The van der Waals surface area contributed by atoms with Crippen LogP contribution in [0.15, 0.2) is 36.7 Å². The Morgan fingerprint density at radius 3 is 2.62 bits per heavy atom. The fourth-order valence-electron chi connectivity index (χ4n) is 3.35. The molecule has 3 heterocycles. The lowest BCUT2D eigenvalue weighted by Crippen LogP contribution is -2.50. The van der Waals surface area contributed by atoms with E-state index < -0.39 is 0 Å². The number of rotatable bonds is 4. The van der Waals surface area contributed by atoms with Crippen molar-refractivity contribution < 1.29 is 9.53 Å². The molecule has 1 amide bonds. The topological polar surface area (TPSA) is 63.5 Å². The molecule has 0 saturated carbocycles. The van der Waals surface area contributed by atoms with Crippen molar-refractivity contribution in [3.8, 4) is 0 Å². The lowest BCUT2D eigenvalue weighted by Gasteiger charge is -2.38. The summed E-state index contributed by atoms with van der Waals surface area (Å²) in [5.41, 5.74) is 1.88. The van der Waals surface area contributed by atoms with Crippen molar-refractivity contribution in [3.63, 3.8) is 0 Å². The molecule has 1 aromatic heterocycles. The molecule has 1 aromatic carbocycles. The normalized spacial score (nSPS) is 21.1. The van der Waals surface area contributed by atoms with Crippen molar-refractivity contribution in [2.24, 2.45) is 0 Å². The molecule has 1 atom stereocenters. The number of hydrogen-bond acceptors (Lipinski definition) is 5. The number of nitrogens with zero attached hydrogens (tertiary/aromatic N) is 5. The highest BCUT2D eigenvalue weighted by Crippen LogP contribution is 2.25. The fraction of sp³-hybridized carbons (Fsp3) is 0.471. The summed E-state index contributed by atoms with van der Waals surface area (Å²) in [6.45, 7) is 3.28. The van der Waals surface area contributed by atoms with Gasteiger partial charge in [-0.15, -0.1) is 5.10 Å². The number of amides is 1. The summed E-state index contributed by atoms with van der Waals surface area (Å²) in [5.74, 6) is 0.0779. The second-order valence-corrected chi connectivity index (χ2v) is 6.39. The molecule has 24 heavy (non-hydrogen) atoms. The molecular formula is C17H21N5O2. The average Bonchev–Trinajstić information content (AvgIpc) is 3.25. The highest BCUT2D eigenvalue weighted by molar-refractivity contribution is 5.95. The van der Waals surface area contributed by atoms with E-state index in [0.29, 0.717) is 19.2 Å². The molecule has 0 bridgehead atoms. The van der Waals surface area contributed by atoms with E-state index in [1.54, 1.807) is 13.3 Å². The first kappa shape index (κ1) is 15.1. The third-order valence-electron chi connectivity index (χ3n) is 4.92. The van der Waals surface area contributed by atoms with E-state index in [1.165, 1.54) is 0 Å². The average molecular weight is 327 g/mol. The van der Waals surface area contributed by atoms with Gasteiger partial charge in [0.15, 0.2) is 0 Å². The quantitative estimate of drug-likeness (QED) is 0.844. The van der Waals surface area contributed by atoms with Gasteiger partial charge in [0, 0.05) is 50.7 Å². The van der Waals surface area contributed by atoms with Crippen LogP contribution in [0.25, 0.3) is 0 Å². The number of carbonyl (C=O) groups is 1. The zero-order chi connectivity index (χ0) is 16.5. The standard InChI is InChI=1S/C17H21N5O2/c1-24-16-6-8-20(12-16)14-4-2-13(3-5-14)17(23)21-10-15(11-21)22-9-7-18-19-22/h2-5,7,9,15-16H,6,8,10-12H2,1H3/t16-/m0/s1. The van der Waals surface area contributed by atoms with Crippen molar-refractivity contribution in [1.82, 2.24) is 19.9 Å². The summed E-state index contributed by atoms with van der Waals surface area (Å²) in [6.07, 6.45) is 4.86. The maximum absolute atomic E-state index is 12.5. The van der Waals surface area contributed by atoms with Crippen LogP contribution in [0, 0.1) is 0 Å². The number of benzene rings is 1.